The van der Waals surface area contributed by atoms with Crippen molar-refractivity contribution in [3.05, 3.63) is 0 Å². The Balaban J connectivity index is 1.89. The van der Waals surface area contributed by atoms with Crippen LogP contribution >= 0.6 is 0 Å². The van der Waals surface area contributed by atoms with E-state index in [0.717, 1.165) is 12.8 Å². The number of aliphatic hydroxyl groups excluding tert-OH is 1. The highest BCUT2D eigenvalue weighted by molar-refractivity contribution is 5.13. The van der Waals surface area contributed by atoms with Crippen LogP contribution in [0.2, 0.25) is 0 Å². The zero-order valence-corrected chi connectivity index (χ0v) is 9.80. The fraction of sp³-hybridized carbons (Fsp3) is 1.00. The third-order valence-electron chi connectivity index (χ3n) is 3.82. The van der Waals surface area contributed by atoms with E-state index in [4.69, 9.17) is 18.9 Å². The molecule has 0 aromatic rings. The quantitative estimate of drug-likeness (QED) is 0.706. The lowest BCUT2D eigenvalue weighted by atomic mass is 9.73. The van der Waals surface area contributed by atoms with Crippen molar-refractivity contribution < 1.29 is 24.1 Å². The third-order valence-corrected chi connectivity index (χ3v) is 3.82. The van der Waals surface area contributed by atoms with Crippen LogP contribution in [0.3, 0.4) is 0 Å². The molecule has 0 radical (unpaired) electrons. The Hall–Kier alpha value is -0.200. The first-order valence-electron chi connectivity index (χ1n) is 5.73. The van der Waals surface area contributed by atoms with Gasteiger partial charge in [-0.2, -0.15) is 0 Å². The molecular formula is C11H18O5. The van der Waals surface area contributed by atoms with Crippen molar-refractivity contribution >= 4 is 0 Å². The Kier molecular flexibility index (Phi) is 2.17. The smallest absolute Gasteiger partial charge is 0.187 e. The van der Waals surface area contributed by atoms with Gasteiger partial charge in [-0.3, -0.25) is 0 Å². The number of rotatable bonds is 1. The van der Waals surface area contributed by atoms with Gasteiger partial charge < -0.3 is 24.1 Å². The minimum absolute atomic E-state index is 0.226. The van der Waals surface area contributed by atoms with Gasteiger partial charge in [-0.25, -0.2) is 0 Å². The molecule has 0 bridgehead atoms. The summed E-state index contributed by atoms with van der Waals surface area (Å²) in [7, 11) is 1.58. The van der Waals surface area contributed by atoms with E-state index in [1.807, 2.05) is 13.8 Å². The average molecular weight is 230 g/mol. The molecule has 3 fully saturated rings. The van der Waals surface area contributed by atoms with Crippen molar-refractivity contribution in [2.75, 3.05) is 7.11 Å². The summed E-state index contributed by atoms with van der Waals surface area (Å²) in [6.07, 6.45) is 0.170. The van der Waals surface area contributed by atoms with Crippen molar-refractivity contribution in [2.45, 2.75) is 62.7 Å². The monoisotopic (exact) mass is 230 g/mol. The second-order valence-corrected chi connectivity index (χ2v) is 5.25. The first-order valence-corrected chi connectivity index (χ1v) is 5.73. The number of aliphatic hydroxyl groups is 1. The maximum atomic E-state index is 9.91. The summed E-state index contributed by atoms with van der Waals surface area (Å²) in [6.45, 7) is 3.74. The molecule has 0 aromatic heterocycles. The molecule has 2 saturated heterocycles. The minimum Gasteiger partial charge on any atom is -0.390 e. The highest BCUT2D eigenvalue weighted by Gasteiger charge is 2.68. The number of methoxy groups -OCH3 is 1. The summed E-state index contributed by atoms with van der Waals surface area (Å²) in [4.78, 5) is 0. The first-order chi connectivity index (χ1) is 7.48. The van der Waals surface area contributed by atoms with Crippen molar-refractivity contribution in [3.8, 4) is 0 Å². The molecule has 0 amide bonds. The normalized spacial score (nSPS) is 54.0. The number of fused-ring (bicyclic) bond motifs is 2. The van der Waals surface area contributed by atoms with Crippen molar-refractivity contribution in [2.24, 2.45) is 0 Å². The van der Waals surface area contributed by atoms with E-state index in [0.29, 0.717) is 0 Å². The van der Waals surface area contributed by atoms with Crippen LogP contribution in [0.15, 0.2) is 0 Å². The van der Waals surface area contributed by atoms with Crippen LogP contribution in [0.1, 0.15) is 26.7 Å². The summed E-state index contributed by atoms with van der Waals surface area (Å²) in [5.41, 5.74) is -0.612. The van der Waals surface area contributed by atoms with Gasteiger partial charge in [-0.1, -0.05) is 0 Å². The van der Waals surface area contributed by atoms with Crippen molar-refractivity contribution in [1.29, 1.82) is 0 Å². The molecule has 1 aliphatic carbocycles. The lowest BCUT2D eigenvalue weighted by Crippen LogP contribution is -2.59. The number of hydrogen-bond acceptors (Lipinski definition) is 5. The molecule has 1 spiro atoms. The van der Waals surface area contributed by atoms with E-state index in [2.05, 4.69) is 0 Å². The Morgan fingerprint density at radius 3 is 2.50 bits per heavy atom. The summed E-state index contributed by atoms with van der Waals surface area (Å²) in [5.74, 6) is -0.627. The van der Waals surface area contributed by atoms with Crippen LogP contribution in [-0.4, -0.2) is 48.2 Å². The van der Waals surface area contributed by atoms with Crippen molar-refractivity contribution in [3.63, 3.8) is 0 Å². The number of hydrogen-bond donors (Lipinski definition) is 1. The maximum Gasteiger partial charge on any atom is 0.187 e. The van der Waals surface area contributed by atoms with Gasteiger partial charge in [-0.05, 0) is 26.7 Å². The predicted octanol–water partition coefficient (Wildman–Crippen LogP) is 0.403. The molecule has 1 saturated carbocycles. The average Bonchev–Trinajstić information content (AvgIpc) is 2.68. The molecule has 2 heterocycles. The Morgan fingerprint density at radius 2 is 2.00 bits per heavy atom. The summed E-state index contributed by atoms with van der Waals surface area (Å²) >= 11 is 0. The highest BCUT2D eigenvalue weighted by atomic mass is 16.8. The maximum absolute atomic E-state index is 9.91. The van der Waals surface area contributed by atoms with E-state index in [1.54, 1.807) is 7.11 Å². The summed E-state index contributed by atoms with van der Waals surface area (Å²) in [5, 5.41) is 9.91. The van der Waals surface area contributed by atoms with E-state index < -0.39 is 23.8 Å². The fourth-order valence-electron chi connectivity index (χ4n) is 2.93. The lowest BCUT2D eigenvalue weighted by Gasteiger charge is -2.45. The standard InChI is InChI=1S/C11H18O5/c1-10(2)14-7-8(15-10)11(5-4-6(11)12)16-9(7)13-3/h6-9,12H,4-5H2,1-3H3/t6-,7?,8-,9-,11-/m1/s1. The van der Waals surface area contributed by atoms with Crippen LogP contribution in [0.4, 0.5) is 0 Å². The molecule has 2 aliphatic heterocycles. The van der Waals surface area contributed by atoms with Crippen LogP contribution in [0.25, 0.3) is 0 Å². The molecule has 1 unspecified atom stereocenters. The van der Waals surface area contributed by atoms with Gasteiger partial charge in [0.15, 0.2) is 12.1 Å². The molecule has 5 atom stereocenters. The SMILES string of the molecule is CO[C@@H]1O[C@@]2(CC[C@H]2O)[C@@H]2OC(C)(C)OC12. The highest BCUT2D eigenvalue weighted by Crippen LogP contribution is 2.52. The molecule has 5 nitrogen and oxygen atoms in total. The molecular weight excluding hydrogens is 212 g/mol. The predicted molar refractivity (Wildman–Crippen MR) is 53.7 cm³/mol. The molecule has 1 N–H and O–H groups in total. The van der Waals surface area contributed by atoms with Gasteiger partial charge in [0, 0.05) is 7.11 Å². The van der Waals surface area contributed by atoms with Crippen LogP contribution in [0, 0.1) is 0 Å². The zero-order chi connectivity index (χ0) is 11.6. The largest absolute Gasteiger partial charge is 0.390 e. The third kappa shape index (κ3) is 1.23. The molecule has 3 rings (SSSR count). The molecule has 92 valence electrons. The van der Waals surface area contributed by atoms with Gasteiger partial charge in [0.05, 0.1) is 6.10 Å². The minimum atomic E-state index is -0.627. The van der Waals surface area contributed by atoms with Gasteiger partial charge in [0.25, 0.3) is 0 Å². The summed E-state index contributed by atoms with van der Waals surface area (Å²) < 4.78 is 22.7. The van der Waals surface area contributed by atoms with E-state index in [-0.39, 0.29) is 12.2 Å². The van der Waals surface area contributed by atoms with Gasteiger partial charge in [0.1, 0.15) is 17.8 Å². The van der Waals surface area contributed by atoms with Crippen LogP contribution in [0.5, 0.6) is 0 Å². The van der Waals surface area contributed by atoms with Crippen LogP contribution in [-0.2, 0) is 18.9 Å². The topological polar surface area (TPSA) is 57.2 Å². The van der Waals surface area contributed by atoms with Gasteiger partial charge >= 0.3 is 0 Å². The van der Waals surface area contributed by atoms with E-state index >= 15 is 0 Å². The Labute approximate surface area is 94.6 Å². The zero-order valence-electron chi connectivity index (χ0n) is 9.80. The van der Waals surface area contributed by atoms with Gasteiger partial charge in [0.2, 0.25) is 0 Å². The fourth-order valence-corrected chi connectivity index (χ4v) is 2.93. The van der Waals surface area contributed by atoms with E-state index in [9.17, 15) is 5.11 Å². The molecule has 0 aromatic carbocycles. The Morgan fingerprint density at radius 1 is 1.25 bits per heavy atom. The lowest BCUT2D eigenvalue weighted by molar-refractivity contribution is -0.289. The molecule has 5 heteroatoms. The van der Waals surface area contributed by atoms with Crippen molar-refractivity contribution in [1.82, 2.24) is 0 Å². The van der Waals surface area contributed by atoms with E-state index in [1.165, 1.54) is 0 Å². The first kappa shape index (κ1) is 10.9. The van der Waals surface area contributed by atoms with Crippen LogP contribution < -0.4 is 0 Å². The second-order valence-electron chi connectivity index (χ2n) is 5.25. The Bertz CT molecular complexity index is 305. The van der Waals surface area contributed by atoms with Gasteiger partial charge in [-0.15, -0.1) is 0 Å². The molecule has 3 aliphatic rings. The second kappa shape index (κ2) is 3.17. The number of ether oxygens (including phenoxy) is 4. The summed E-state index contributed by atoms with van der Waals surface area (Å²) in [6, 6.07) is 0. The molecule has 16 heavy (non-hydrogen) atoms.